The van der Waals surface area contributed by atoms with Crippen LogP contribution in [-0.2, 0) is 41.6 Å². The number of ether oxygens (including phenoxy) is 1. The molecule has 11 nitrogen and oxygen atoms in total. The van der Waals surface area contributed by atoms with E-state index in [0.717, 1.165) is 11.1 Å². The molecule has 0 aromatic heterocycles. The number of hydrogen-bond donors (Lipinski definition) is 2. The maximum absolute atomic E-state index is 12.9. The molecule has 3 rings (SSSR count). The zero-order valence-corrected chi connectivity index (χ0v) is 22.8. The second kappa shape index (κ2) is 17.2. The van der Waals surface area contributed by atoms with Crippen molar-refractivity contribution < 1.29 is 44.0 Å². The van der Waals surface area contributed by atoms with Gasteiger partial charge in [-0.25, -0.2) is 4.79 Å². The smallest absolute Gasteiger partial charge is 0.326 e. The highest BCUT2D eigenvalue weighted by Gasteiger charge is 2.37. The van der Waals surface area contributed by atoms with E-state index < -0.39 is 42.0 Å². The molecular weight excluding hydrogens is 532 g/mol. The van der Waals surface area contributed by atoms with Crippen LogP contribution in [0.25, 0.3) is 0 Å². The summed E-state index contributed by atoms with van der Waals surface area (Å²) in [4.78, 5) is 57.5. The van der Waals surface area contributed by atoms with Crippen molar-refractivity contribution in [3.8, 4) is 0 Å². The minimum absolute atomic E-state index is 0.252. The van der Waals surface area contributed by atoms with Gasteiger partial charge in [0, 0.05) is 13.0 Å². The molecule has 0 aliphatic carbocycles. The number of nitrogens with one attached hydrogen (secondary N) is 1. The van der Waals surface area contributed by atoms with Gasteiger partial charge in [-0.1, -0.05) is 60.7 Å². The van der Waals surface area contributed by atoms with Crippen molar-refractivity contribution in [2.75, 3.05) is 13.2 Å². The van der Waals surface area contributed by atoms with Gasteiger partial charge in [0.1, 0.15) is 12.1 Å². The number of amides is 1. The SMILES string of the molecule is CC(NC(CCc1ccccc1)C(=O)OCCc1ccccc1)C(=O)N1CCCC1C(=O)O.O=C([O-])/C=C\C(=O)[O-]. The predicted octanol–water partition coefficient (Wildman–Crippen LogP) is -0.130. The molecule has 1 aliphatic rings. The summed E-state index contributed by atoms with van der Waals surface area (Å²) in [6.45, 7) is 2.34. The third-order valence-electron chi connectivity index (χ3n) is 6.32. The number of aryl methyl sites for hydroxylation is 1. The van der Waals surface area contributed by atoms with Crippen molar-refractivity contribution in [3.05, 3.63) is 83.9 Å². The Balaban J connectivity index is 0.000000642. The number of esters is 1. The first kappa shape index (κ1) is 32.7. The number of carbonyl (C=O) groups excluding carboxylic acids is 4. The van der Waals surface area contributed by atoms with E-state index in [1.165, 1.54) is 4.90 Å². The minimum Gasteiger partial charge on any atom is -0.545 e. The van der Waals surface area contributed by atoms with Crippen molar-refractivity contribution in [1.82, 2.24) is 10.2 Å². The van der Waals surface area contributed by atoms with Crippen molar-refractivity contribution >= 4 is 29.8 Å². The molecule has 2 N–H and O–H groups in total. The van der Waals surface area contributed by atoms with Crippen LogP contribution in [-0.4, -0.2) is 71.1 Å². The summed E-state index contributed by atoms with van der Waals surface area (Å²) in [5.41, 5.74) is 2.17. The summed E-state index contributed by atoms with van der Waals surface area (Å²) in [6.07, 6.45) is 3.61. The van der Waals surface area contributed by atoms with Crippen LogP contribution in [0.1, 0.15) is 37.3 Å². The van der Waals surface area contributed by atoms with E-state index >= 15 is 0 Å². The van der Waals surface area contributed by atoms with E-state index in [9.17, 15) is 39.3 Å². The lowest BCUT2D eigenvalue weighted by molar-refractivity contribution is -0.301. The van der Waals surface area contributed by atoms with Gasteiger partial charge in [0.25, 0.3) is 0 Å². The van der Waals surface area contributed by atoms with Gasteiger partial charge >= 0.3 is 11.9 Å². The lowest BCUT2D eigenvalue weighted by Gasteiger charge is -2.28. The maximum Gasteiger partial charge on any atom is 0.326 e. The topological polar surface area (TPSA) is 176 Å². The third-order valence-corrected chi connectivity index (χ3v) is 6.32. The first-order valence-electron chi connectivity index (χ1n) is 13.2. The van der Waals surface area contributed by atoms with Crippen LogP contribution in [0.2, 0.25) is 0 Å². The van der Waals surface area contributed by atoms with Crippen molar-refractivity contribution in [3.63, 3.8) is 0 Å². The predicted molar refractivity (Wildman–Crippen MR) is 144 cm³/mol. The number of nitrogens with zero attached hydrogens (tertiary/aromatic N) is 1. The Morgan fingerprint density at radius 1 is 0.951 bits per heavy atom. The second-order valence-electron chi connectivity index (χ2n) is 9.37. The molecule has 3 unspecified atom stereocenters. The highest BCUT2D eigenvalue weighted by atomic mass is 16.5. The van der Waals surface area contributed by atoms with E-state index in [2.05, 4.69) is 5.32 Å². The third kappa shape index (κ3) is 12.0. The van der Waals surface area contributed by atoms with Gasteiger partial charge in [0.2, 0.25) is 5.91 Å². The highest BCUT2D eigenvalue weighted by Crippen LogP contribution is 2.19. The average molecular weight is 567 g/mol. The monoisotopic (exact) mass is 566 g/mol. The number of carboxylic acids is 3. The van der Waals surface area contributed by atoms with Crippen LogP contribution < -0.4 is 15.5 Å². The lowest BCUT2D eigenvalue weighted by atomic mass is 10.0. The van der Waals surface area contributed by atoms with Crippen LogP contribution in [0.3, 0.4) is 0 Å². The quantitative estimate of drug-likeness (QED) is 0.245. The normalized spacial score (nSPS) is 15.8. The fraction of sp³-hybridized carbons (Fsp3) is 0.367. The highest BCUT2D eigenvalue weighted by molar-refractivity contribution is 5.88. The number of benzene rings is 2. The molecule has 220 valence electrons. The molecule has 3 atom stereocenters. The first-order valence-corrected chi connectivity index (χ1v) is 13.2. The summed E-state index contributed by atoms with van der Waals surface area (Å²) in [6, 6.07) is 17.4. The molecular formula is C30H34N2O9-2. The summed E-state index contributed by atoms with van der Waals surface area (Å²) in [5, 5.41) is 31.3. The number of likely N-dealkylation sites (tertiary alicyclic amines) is 1. The molecule has 41 heavy (non-hydrogen) atoms. The first-order chi connectivity index (χ1) is 19.6. The molecule has 1 fully saturated rings. The number of aliphatic carboxylic acids is 3. The molecule has 11 heteroatoms. The van der Waals surface area contributed by atoms with E-state index in [-0.39, 0.29) is 12.5 Å². The largest absolute Gasteiger partial charge is 0.545 e. The Labute approximate surface area is 238 Å². The summed E-state index contributed by atoms with van der Waals surface area (Å²) in [7, 11) is 0. The van der Waals surface area contributed by atoms with Gasteiger partial charge in [0.15, 0.2) is 0 Å². The van der Waals surface area contributed by atoms with Crippen molar-refractivity contribution in [1.29, 1.82) is 0 Å². The number of carbonyl (C=O) groups is 5. The summed E-state index contributed by atoms with van der Waals surface area (Å²) < 4.78 is 5.54. The number of carboxylic acid groups (broad SMARTS) is 3. The Morgan fingerprint density at radius 2 is 1.49 bits per heavy atom. The number of hydrogen-bond acceptors (Lipinski definition) is 9. The zero-order chi connectivity index (χ0) is 30.2. The second-order valence-corrected chi connectivity index (χ2v) is 9.37. The summed E-state index contributed by atoms with van der Waals surface area (Å²) in [5.74, 6) is -4.79. The van der Waals surface area contributed by atoms with Crippen LogP contribution >= 0.6 is 0 Å². The minimum atomic E-state index is -1.55. The Morgan fingerprint density at radius 3 is 2.00 bits per heavy atom. The molecule has 2 aromatic rings. The van der Waals surface area contributed by atoms with E-state index in [1.807, 2.05) is 60.7 Å². The fourth-order valence-corrected chi connectivity index (χ4v) is 4.28. The Hall–Kier alpha value is -4.51. The van der Waals surface area contributed by atoms with Gasteiger partial charge in [-0.05, 0) is 55.9 Å². The van der Waals surface area contributed by atoms with Crippen LogP contribution in [0, 0.1) is 0 Å². The molecule has 0 radical (unpaired) electrons. The van der Waals surface area contributed by atoms with Gasteiger partial charge in [0.05, 0.1) is 24.6 Å². The van der Waals surface area contributed by atoms with Crippen LogP contribution in [0.15, 0.2) is 72.8 Å². The van der Waals surface area contributed by atoms with E-state index in [1.54, 1.807) is 6.92 Å². The van der Waals surface area contributed by atoms with Gasteiger partial charge in [-0.15, -0.1) is 0 Å². The maximum atomic E-state index is 12.9. The molecule has 0 spiro atoms. The Bertz CT molecular complexity index is 1170. The summed E-state index contributed by atoms with van der Waals surface area (Å²) >= 11 is 0. The molecule has 1 heterocycles. The van der Waals surface area contributed by atoms with Gasteiger partial charge < -0.3 is 34.5 Å². The van der Waals surface area contributed by atoms with Gasteiger partial charge in [-0.3, -0.25) is 14.9 Å². The number of rotatable bonds is 13. The fourth-order valence-electron chi connectivity index (χ4n) is 4.28. The van der Waals surface area contributed by atoms with Crippen LogP contribution in [0.4, 0.5) is 0 Å². The van der Waals surface area contributed by atoms with Gasteiger partial charge in [-0.2, -0.15) is 0 Å². The average Bonchev–Trinajstić information content (AvgIpc) is 3.45. The van der Waals surface area contributed by atoms with E-state index in [4.69, 9.17) is 4.74 Å². The molecule has 1 amide bonds. The molecule has 1 saturated heterocycles. The zero-order valence-electron chi connectivity index (χ0n) is 22.8. The molecule has 0 saturated carbocycles. The molecule has 0 bridgehead atoms. The Kier molecular flexibility index (Phi) is 13.7. The van der Waals surface area contributed by atoms with E-state index in [0.29, 0.717) is 50.8 Å². The molecule has 1 aliphatic heterocycles. The molecule has 2 aromatic carbocycles. The lowest BCUT2D eigenvalue weighted by Crippen LogP contribution is -2.53. The van der Waals surface area contributed by atoms with Crippen molar-refractivity contribution in [2.24, 2.45) is 0 Å². The van der Waals surface area contributed by atoms with Crippen LogP contribution in [0.5, 0.6) is 0 Å². The standard InChI is InChI=1S/C26H32N2O5.C4H4O4/c1-19(24(29)28-17-8-13-23(28)25(30)31)27-22(15-14-20-9-4-2-5-10-20)26(32)33-18-16-21-11-6-3-7-12-21;5-3(6)1-2-4(7)8/h2-7,9-12,19,22-23,27H,8,13-18H2,1H3,(H,30,31);1-2H,(H,5,6)(H,7,8)/p-2/b;2-1-. The van der Waals surface area contributed by atoms with Crippen molar-refractivity contribution in [2.45, 2.75) is 57.2 Å².